The zero-order chi connectivity index (χ0) is 14.8. The predicted octanol–water partition coefficient (Wildman–Crippen LogP) is 2.43. The van der Waals surface area contributed by atoms with Crippen LogP contribution in [0.2, 0.25) is 0 Å². The second-order valence-corrected chi connectivity index (χ2v) is 6.72. The Kier molecular flexibility index (Phi) is 4.07. The van der Waals surface area contributed by atoms with Gasteiger partial charge in [-0.1, -0.05) is 12.1 Å². The molecule has 22 heavy (non-hydrogen) atoms. The van der Waals surface area contributed by atoms with E-state index in [4.69, 9.17) is 9.47 Å². The zero-order valence-corrected chi connectivity index (χ0v) is 13.3. The van der Waals surface area contributed by atoms with Crippen molar-refractivity contribution in [2.24, 2.45) is 0 Å². The highest BCUT2D eigenvalue weighted by atomic mass is 16.7. The number of piperidine rings is 1. The third kappa shape index (κ3) is 3.00. The molecule has 4 rings (SSSR count). The van der Waals surface area contributed by atoms with Crippen LogP contribution in [0, 0.1) is 0 Å². The summed E-state index contributed by atoms with van der Waals surface area (Å²) in [4.78, 5) is 2.55. The maximum absolute atomic E-state index is 5.80. The molecule has 3 heterocycles. The van der Waals surface area contributed by atoms with E-state index in [1.54, 1.807) is 0 Å². The van der Waals surface area contributed by atoms with Crippen molar-refractivity contribution >= 4 is 5.69 Å². The summed E-state index contributed by atoms with van der Waals surface area (Å²) in [5, 5.41) is 3.48. The van der Waals surface area contributed by atoms with Crippen LogP contribution in [-0.4, -0.2) is 50.1 Å². The Bertz CT molecular complexity index is 516. The van der Waals surface area contributed by atoms with Crippen LogP contribution in [0.3, 0.4) is 0 Å². The van der Waals surface area contributed by atoms with Gasteiger partial charge in [-0.2, -0.15) is 0 Å². The number of nitrogens with one attached hydrogen (secondary N) is 1. The van der Waals surface area contributed by atoms with E-state index in [2.05, 4.69) is 28.4 Å². The van der Waals surface area contributed by atoms with Crippen molar-refractivity contribution in [2.75, 3.05) is 44.7 Å². The van der Waals surface area contributed by atoms with Crippen molar-refractivity contribution in [3.8, 4) is 0 Å². The van der Waals surface area contributed by atoms with E-state index >= 15 is 0 Å². The maximum atomic E-state index is 5.80. The van der Waals surface area contributed by atoms with Crippen molar-refractivity contribution in [3.05, 3.63) is 29.3 Å². The fourth-order valence-electron chi connectivity index (χ4n) is 3.87. The molecular formula is C18H26N2O2. The van der Waals surface area contributed by atoms with Gasteiger partial charge < -0.3 is 19.7 Å². The SMILES string of the molecule is c1cc2c(cc1CCN1CCC3(CC1)OCCO3)CCCN2. The lowest BCUT2D eigenvalue weighted by atomic mass is 9.99. The van der Waals surface area contributed by atoms with Gasteiger partial charge in [-0.25, -0.2) is 0 Å². The van der Waals surface area contributed by atoms with Crippen molar-refractivity contribution in [3.63, 3.8) is 0 Å². The zero-order valence-electron chi connectivity index (χ0n) is 13.3. The summed E-state index contributed by atoms with van der Waals surface area (Å²) in [5.74, 6) is -0.242. The molecule has 1 aromatic carbocycles. The highest BCUT2D eigenvalue weighted by Crippen LogP contribution is 2.31. The van der Waals surface area contributed by atoms with Gasteiger partial charge in [0, 0.05) is 44.7 Å². The normalized spacial score (nSPS) is 24.2. The number of ether oxygens (including phenoxy) is 2. The molecule has 4 heteroatoms. The molecule has 0 saturated carbocycles. The standard InChI is InChI=1S/C18H26N2O2/c1-2-16-14-15(3-4-17(16)19-8-1)5-9-20-10-6-18(7-11-20)21-12-13-22-18/h3-4,14,19H,1-2,5-13H2. The summed E-state index contributed by atoms with van der Waals surface area (Å²) in [6.07, 6.45) is 5.64. The van der Waals surface area contributed by atoms with Crippen LogP contribution >= 0.6 is 0 Å². The van der Waals surface area contributed by atoms with Crippen molar-refractivity contribution in [1.82, 2.24) is 4.90 Å². The average Bonchev–Trinajstić information content (AvgIpc) is 3.02. The van der Waals surface area contributed by atoms with E-state index < -0.39 is 0 Å². The maximum Gasteiger partial charge on any atom is 0.170 e. The molecule has 2 saturated heterocycles. The third-order valence-corrected chi connectivity index (χ3v) is 5.26. The molecule has 1 spiro atoms. The molecule has 0 aliphatic carbocycles. The summed E-state index contributed by atoms with van der Waals surface area (Å²) < 4.78 is 11.6. The Morgan fingerprint density at radius 3 is 2.77 bits per heavy atom. The van der Waals surface area contributed by atoms with Crippen LogP contribution in [0.5, 0.6) is 0 Å². The first-order valence-corrected chi connectivity index (χ1v) is 8.69. The lowest BCUT2D eigenvalue weighted by Gasteiger charge is -2.37. The number of rotatable bonds is 3. The van der Waals surface area contributed by atoms with Crippen molar-refractivity contribution in [1.29, 1.82) is 0 Å². The molecule has 3 aliphatic rings. The third-order valence-electron chi connectivity index (χ3n) is 5.26. The number of hydrogen-bond acceptors (Lipinski definition) is 4. The second kappa shape index (κ2) is 6.19. The molecule has 0 bridgehead atoms. The topological polar surface area (TPSA) is 33.7 Å². The van der Waals surface area contributed by atoms with E-state index in [1.807, 2.05) is 0 Å². The molecule has 0 atom stereocenters. The van der Waals surface area contributed by atoms with Crippen LogP contribution in [0.1, 0.15) is 30.4 Å². The fraction of sp³-hybridized carbons (Fsp3) is 0.667. The Morgan fingerprint density at radius 2 is 1.95 bits per heavy atom. The van der Waals surface area contributed by atoms with Crippen LogP contribution in [-0.2, 0) is 22.3 Å². The van der Waals surface area contributed by atoms with Crippen LogP contribution in [0.4, 0.5) is 5.69 Å². The minimum atomic E-state index is -0.242. The number of nitrogens with zero attached hydrogens (tertiary/aromatic N) is 1. The Morgan fingerprint density at radius 1 is 1.14 bits per heavy atom. The van der Waals surface area contributed by atoms with E-state index in [1.165, 1.54) is 29.7 Å². The molecular weight excluding hydrogens is 276 g/mol. The van der Waals surface area contributed by atoms with Crippen LogP contribution in [0.15, 0.2) is 18.2 Å². The number of benzene rings is 1. The van der Waals surface area contributed by atoms with E-state index in [0.717, 1.165) is 58.7 Å². The van der Waals surface area contributed by atoms with Crippen LogP contribution < -0.4 is 5.32 Å². The fourth-order valence-corrected chi connectivity index (χ4v) is 3.87. The Labute approximate surface area is 132 Å². The van der Waals surface area contributed by atoms with Gasteiger partial charge in [0.05, 0.1) is 13.2 Å². The lowest BCUT2D eigenvalue weighted by Crippen LogP contribution is -2.45. The molecule has 0 radical (unpaired) electrons. The van der Waals surface area contributed by atoms with Gasteiger partial charge in [0.25, 0.3) is 0 Å². The number of aryl methyl sites for hydroxylation is 1. The molecule has 1 N–H and O–H groups in total. The number of hydrogen-bond donors (Lipinski definition) is 1. The molecule has 4 nitrogen and oxygen atoms in total. The van der Waals surface area contributed by atoms with E-state index in [-0.39, 0.29) is 5.79 Å². The van der Waals surface area contributed by atoms with Gasteiger partial charge in [-0.15, -0.1) is 0 Å². The molecule has 3 aliphatic heterocycles. The van der Waals surface area contributed by atoms with Crippen LogP contribution in [0.25, 0.3) is 0 Å². The predicted molar refractivity (Wildman–Crippen MR) is 87.3 cm³/mol. The van der Waals surface area contributed by atoms with E-state index in [9.17, 15) is 0 Å². The number of anilines is 1. The van der Waals surface area contributed by atoms with Gasteiger partial charge in [0.2, 0.25) is 0 Å². The van der Waals surface area contributed by atoms with Gasteiger partial charge in [0.1, 0.15) is 0 Å². The van der Waals surface area contributed by atoms with E-state index in [0.29, 0.717) is 0 Å². The first kappa shape index (κ1) is 14.5. The Balaban J connectivity index is 1.30. The smallest absolute Gasteiger partial charge is 0.170 e. The molecule has 120 valence electrons. The van der Waals surface area contributed by atoms with Crippen molar-refractivity contribution < 1.29 is 9.47 Å². The quantitative estimate of drug-likeness (QED) is 0.930. The Hall–Kier alpha value is -1.10. The molecule has 0 unspecified atom stereocenters. The summed E-state index contributed by atoms with van der Waals surface area (Å²) in [6, 6.07) is 6.94. The minimum absolute atomic E-state index is 0.242. The summed E-state index contributed by atoms with van der Waals surface area (Å²) in [5.41, 5.74) is 4.30. The second-order valence-electron chi connectivity index (χ2n) is 6.72. The molecule has 2 fully saturated rings. The van der Waals surface area contributed by atoms with Crippen molar-refractivity contribution in [2.45, 2.75) is 37.9 Å². The minimum Gasteiger partial charge on any atom is -0.385 e. The highest BCUT2D eigenvalue weighted by molar-refractivity contribution is 5.54. The number of likely N-dealkylation sites (tertiary alicyclic amines) is 1. The van der Waals surface area contributed by atoms with Gasteiger partial charge in [-0.3, -0.25) is 0 Å². The lowest BCUT2D eigenvalue weighted by molar-refractivity contribution is -0.185. The monoisotopic (exact) mass is 302 g/mol. The largest absolute Gasteiger partial charge is 0.385 e. The van der Waals surface area contributed by atoms with Gasteiger partial charge in [-0.05, 0) is 36.5 Å². The number of fused-ring (bicyclic) bond motifs is 1. The summed E-state index contributed by atoms with van der Waals surface area (Å²) in [7, 11) is 0. The summed E-state index contributed by atoms with van der Waals surface area (Å²) >= 11 is 0. The molecule has 0 amide bonds. The highest BCUT2D eigenvalue weighted by Gasteiger charge is 2.39. The molecule has 1 aromatic rings. The van der Waals surface area contributed by atoms with Gasteiger partial charge >= 0.3 is 0 Å². The average molecular weight is 302 g/mol. The summed E-state index contributed by atoms with van der Waals surface area (Å²) in [6.45, 7) is 5.97. The molecule has 0 aromatic heterocycles. The first-order chi connectivity index (χ1) is 10.8. The first-order valence-electron chi connectivity index (χ1n) is 8.69. The van der Waals surface area contributed by atoms with Gasteiger partial charge in [0.15, 0.2) is 5.79 Å².